The number of carbonyl (C=O) groups is 1. The molecular formula is C18H23N3O2. The lowest BCUT2D eigenvalue weighted by atomic mass is 10.2. The third-order valence-electron chi connectivity index (χ3n) is 3.60. The fourth-order valence-corrected chi connectivity index (χ4v) is 2.24. The third-order valence-corrected chi connectivity index (χ3v) is 3.60. The standard InChI is InChI=1S/C18H23N3O2/c1-14-17(15(2)21(3)20-14)10-11-18(22)19-12-7-13-23-16-8-5-4-6-9-16/h4-6,8-11H,7,12-13H2,1-3H3,(H,19,22). The molecule has 5 heteroatoms. The zero-order chi connectivity index (χ0) is 16.7. The number of aromatic nitrogens is 2. The quantitative estimate of drug-likeness (QED) is 0.631. The van der Waals surface area contributed by atoms with Crippen LogP contribution in [0.25, 0.3) is 6.08 Å². The number of aryl methyl sites for hydroxylation is 2. The van der Waals surface area contributed by atoms with Gasteiger partial charge >= 0.3 is 0 Å². The number of nitrogens with one attached hydrogen (secondary N) is 1. The number of ether oxygens (including phenoxy) is 1. The zero-order valence-corrected chi connectivity index (χ0v) is 13.9. The Morgan fingerprint density at radius 3 is 2.70 bits per heavy atom. The van der Waals surface area contributed by atoms with Crippen molar-refractivity contribution in [2.45, 2.75) is 20.3 Å². The van der Waals surface area contributed by atoms with Crippen molar-refractivity contribution in [3.05, 3.63) is 53.4 Å². The largest absolute Gasteiger partial charge is 0.494 e. The highest BCUT2D eigenvalue weighted by atomic mass is 16.5. The molecule has 0 aliphatic heterocycles. The molecule has 2 aromatic rings. The van der Waals surface area contributed by atoms with E-state index in [0.29, 0.717) is 13.2 Å². The molecule has 1 N–H and O–H groups in total. The van der Waals surface area contributed by atoms with E-state index in [1.54, 1.807) is 6.08 Å². The number of rotatable bonds is 7. The molecule has 1 heterocycles. The second-order valence-electron chi connectivity index (χ2n) is 5.35. The minimum absolute atomic E-state index is 0.104. The summed E-state index contributed by atoms with van der Waals surface area (Å²) in [5.41, 5.74) is 2.96. The second kappa shape index (κ2) is 8.17. The van der Waals surface area contributed by atoms with Gasteiger partial charge in [-0.25, -0.2) is 0 Å². The maximum atomic E-state index is 11.8. The van der Waals surface area contributed by atoms with Gasteiger partial charge in [-0.15, -0.1) is 0 Å². The van der Waals surface area contributed by atoms with Crippen LogP contribution in [0.1, 0.15) is 23.4 Å². The molecule has 2 rings (SSSR count). The van der Waals surface area contributed by atoms with Crippen LogP contribution < -0.4 is 10.1 Å². The highest BCUT2D eigenvalue weighted by molar-refractivity contribution is 5.91. The molecule has 0 bridgehead atoms. The molecule has 0 unspecified atom stereocenters. The summed E-state index contributed by atoms with van der Waals surface area (Å²) in [6.45, 7) is 5.08. The lowest BCUT2D eigenvalue weighted by molar-refractivity contribution is -0.116. The van der Waals surface area contributed by atoms with Crippen molar-refractivity contribution in [2.75, 3.05) is 13.2 Å². The average molecular weight is 313 g/mol. The van der Waals surface area contributed by atoms with Crippen molar-refractivity contribution < 1.29 is 9.53 Å². The Kier molecular flexibility index (Phi) is 5.97. The monoisotopic (exact) mass is 313 g/mol. The number of benzene rings is 1. The van der Waals surface area contributed by atoms with Gasteiger partial charge in [0.1, 0.15) is 5.75 Å². The summed E-state index contributed by atoms with van der Waals surface area (Å²) < 4.78 is 7.38. The maximum Gasteiger partial charge on any atom is 0.244 e. The first-order chi connectivity index (χ1) is 11.1. The van der Waals surface area contributed by atoms with Gasteiger partial charge in [0, 0.05) is 30.9 Å². The van der Waals surface area contributed by atoms with Crippen molar-refractivity contribution in [2.24, 2.45) is 7.05 Å². The molecule has 0 saturated carbocycles. The Morgan fingerprint density at radius 2 is 2.04 bits per heavy atom. The third kappa shape index (κ3) is 4.98. The number of nitrogens with zero attached hydrogens (tertiary/aromatic N) is 2. The highest BCUT2D eigenvalue weighted by Gasteiger charge is 2.06. The second-order valence-corrected chi connectivity index (χ2v) is 5.35. The molecule has 0 atom stereocenters. The van der Waals surface area contributed by atoms with Crippen LogP contribution in [0, 0.1) is 13.8 Å². The van der Waals surface area contributed by atoms with Crippen LogP contribution in [0.5, 0.6) is 5.75 Å². The van der Waals surface area contributed by atoms with Crippen molar-refractivity contribution in [1.29, 1.82) is 0 Å². The highest BCUT2D eigenvalue weighted by Crippen LogP contribution is 2.13. The summed E-state index contributed by atoms with van der Waals surface area (Å²) in [7, 11) is 1.90. The summed E-state index contributed by atoms with van der Waals surface area (Å²) in [6, 6.07) is 9.65. The minimum Gasteiger partial charge on any atom is -0.494 e. The summed E-state index contributed by atoms with van der Waals surface area (Å²) in [5.74, 6) is 0.744. The molecule has 0 spiro atoms. The van der Waals surface area contributed by atoms with Crippen LogP contribution in [0.4, 0.5) is 0 Å². The molecule has 23 heavy (non-hydrogen) atoms. The van der Waals surface area contributed by atoms with E-state index in [1.807, 2.05) is 62.0 Å². The van der Waals surface area contributed by atoms with Crippen LogP contribution in [-0.4, -0.2) is 28.8 Å². The predicted molar refractivity (Wildman–Crippen MR) is 91.3 cm³/mol. The van der Waals surface area contributed by atoms with Crippen molar-refractivity contribution in [3.8, 4) is 5.75 Å². The molecular weight excluding hydrogens is 290 g/mol. The summed E-state index contributed by atoms with van der Waals surface area (Å²) >= 11 is 0. The van der Waals surface area contributed by atoms with E-state index >= 15 is 0 Å². The molecule has 0 fully saturated rings. The Hall–Kier alpha value is -2.56. The van der Waals surface area contributed by atoms with Gasteiger partial charge in [0.05, 0.1) is 12.3 Å². The van der Waals surface area contributed by atoms with Gasteiger partial charge in [0.15, 0.2) is 0 Å². The number of carbonyl (C=O) groups excluding carboxylic acids is 1. The van der Waals surface area contributed by atoms with Crippen LogP contribution in [0.3, 0.4) is 0 Å². The topological polar surface area (TPSA) is 56.2 Å². The predicted octanol–water partition coefficient (Wildman–Crippen LogP) is 2.64. The molecule has 122 valence electrons. The Balaban J connectivity index is 1.70. The summed E-state index contributed by atoms with van der Waals surface area (Å²) in [4.78, 5) is 11.8. The Labute approximate surface area is 137 Å². The van der Waals surface area contributed by atoms with Gasteiger partial charge in [-0.2, -0.15) is 5.10 Å². The van der Waals surface area contributed by atoms with E-state index in [2.05, 4.69) is 10.4 Å². The first kappa shape index (κ1) is 16.8. The van der Waals surface area contributed by atoms with Crippen LogP contribution >= 0.6 is 0 Å². The molecule has 1 amide bonds. The fourth-order valence-electron chi connectivity index (χ4n) is 2.24. The van der Waals surface area contributed by atoms with Gasteiger partial charge in [-0.05, 0) is 38.5 Å². The van der Waals surface area contributed by atoms with E-state index in [0.717, 1.165) is 29.1 Å². The molecule has 0 saturated heterocycles. The van der Waals surface area contributed by atoms with Gasteiger partial charge in [-0.1, -0.05) is 18.2 Å². The van der Waals surface area contributed by atoms with Gasteiger partial charge < -0.3 is 10.1 Å². The average Bonchev–Trinajstić information content (AvgIpc) is 2.79. The van der Waals surface area contributed by atoms with Crippen molar-refractivity contribution in [3.63, 3.8) is 0 Å². The molecule has 1 aromatic heterocycles. The van der Waals surface area contributed by atoms with E-state index in [4.69, 9.17) is 4.74 Å². The molecule has 1 aromatic carbocycles. The minimum atomic E-state index is -0.104. The smallest absolute Gasteiger partial charge is 0.244 e. The summed E-state index contributed by atoms with van der Waals surface area (Å²) in [5, 5.41) is 7.17. The number of hydrogen-bond donors (Lipinski definition) is 1. The lowest BCUT2D eigenvalue weighted by Gasteiger charge is -2.06. The van der Waals surface area contributed by atoms with Crippen LogP contribution in [0.2, 0.25) is 0 Å². The number of hydrogen-bond acceptors (Lipinski definition) is 3. The normalized spacial score (nSPS) is 10.9. The van der Waals surface area contributed by atoms with E-state index in [9.17, 15) is 4.79 Å². The van der Waals surface area contributed by atoms with E-state index < -0.39 is 0 Å². The molecule has 0 radical (unpaired) electrons. The lowest BCUT2D eigenvalue weighted by Crippen LogP contribution is -2.23. The van der Waals surface area contributed by atoms with Crippen LogP contribution in [0.15, 0.2) is 36.4 Å². The summed E-state index contributed by atoms with van der Waals surface area (Å²) in [6.07, 6.45) is 4.13. The number of amides is 1. The SMILES string of the molecule is Cc1nn(C)c(C)c1C=CC(=O)NCCCOc1ccccc1. The van der Waals surface area contributed by atoms with Gasteiger partial charge in [0.25, 0.3) is 0 Å². The Morgan fingerprint density at radius 1 is 1.30 bits per heavy atom. The van der Waals surface area contributed by atoms with E-state index in [-0.39, 0.29) is 5.91 Å². The molecule has 0 aliphatic carbocycles. The fraction of sp³-hybridized carbons (Fsp3) is 0.333. The zero-order valence-electron chi connectivity index (χ0n) is 13.9. The first-order valence-corrected chi connectivity index (χ1v) is 7.72. The van der Waals surface area contributed by atoms with E-state index in [1.165, 1.54) is 0 Å². The van der Waals surface area contributed by atoms with Crippen molar-refractivity contribution in [1.82, 2.24) is 15.1 Å². The van der Waals surface area contributed by atoms with Gasteiger partial charge in [0.2, 0.25) is 5.91 Å². The number of para-hydroxylation sites is 1. The Bertz CT molecular complexity index is 675. The van der Waals surface area contributed by atoms with Gasteiger partial charge in [-0.3, -0.25) is 9.48 Å². The maximum absolute atomic E-state index is 11.8. The molecule has 0 aliphatic rings. The van der Waals surface area contributed by atoms with Crippen LogP contribution in [-0.2, 0) is 11.8 Å². The van der Waals surface area contributed by atoms with Crippen molar-refractivity contribution >= 4 is 12.0 Å². The first-order valence-electron chi connectivity index (χ1n) is 7.72. The molecule has 5 nitrogen and oxygen atoms in total.